The zero-order valence-electron chi connectivity index (χ0n) is 40.4. The molecule has 1 saturated heterocycles. The first-order chi connectivity index (χ1) is 32.6. The van der Waals surface area contributed by atoms with E-state index in [1.807, 2.05) is 64.8 Å². The summed E-state index contributed by atoms with van der Waals surface area (Å²) in [5.74, 6) is -2.15. The van der Waals surface area contributed by atoms with E-state index in [0.29, 0.717) is 49.3 Å². The number of esters is 1. The van der Waals surface area contributed by atoms with Crippen LogP contribution in [-0.2, 0) is 41.5 Å². The summed E-state index contributed by atoms with van der Waals surface area (Å²) in [5, 5.41) is 19.2. The Labute approximate surface area is 412 Å². The van der Waals surface area contributed by atoms with Gasteiger partial charge in [0.1, 0.15) is 29.1 Å². The number of piperidine rings is 1. The quantitative estimate of drug-likeness (QED) is 0.0181. The van der Waals surface area contributed by atoms with Crippen molar-refractivity contribution in [1.29, 1.82) is 0 Å². The number of benzene rings is 1. The van der Waals surface area contributed by atoms with Crippen molar-refractivity contribution in [2.24, 2.45) is 17.8 Å². The fraction of sp³-hybridized carbons (Fsp3) is 0.583. The number of nitrogens with one attached hydrogen (secondary N) is 4. The molecule has 3 aromatic rings. The predicted octanol–water partition coefficient (Wildman–Crippen LogP) is 6.91. The normalized spacial score (nSPS) is 16.1. The third kappa shape index (κ3) is 18.5. The number of aromatic hydroxyl groups is 1. The lowest BCUT2D eigenvalue weighted by Gasteiger charge is -2.39. The van der Waals surface area contributed by atoms with Gasteiger partial charge in [-0.1, -0.05) is 83.4 Å². The van der Waals surface area contributed by atoms with Crippen molar-refractivity contribution in [2.75, 3.05) is 32.7 Å². The van der Waals surface area contributed by atoms with E-state index < -0.39 is 47.9 Å². The first kappa shape index (κ1) is 55.7. The third-order valence-corrected chi connectivity index (χ3v) is 15.0. The van der Waals surface area contributed by atoms with Gasteiger partial charge in [0.15, 0.2) is 6.73 Å². The molecule has 1 fully saturated rings. The van der Waals surface area contributed by atoms with Gasteiger partial charge in [0, 0.05) is 48.2 Å². The number of thiazole rings is 1. The minimum Gasteiger partial charge on any atom is -0.508 e. The standard InChI is InChI=1S/C48H70N8O9S3/c1-8-14-42(58)65-30-56(47(62)43(32(5)9-2)52-46(61)39-15-11-13-24-55(39)7)38(31(3)4)21-22-41-51-37(29-66-41)45(60)50-35(28-34-17-19-36(57)20-18-34)27-33(6)44(59)53-54-48(63)64-25-26-67-68-40-16-10-12-23-49-40/h10,12,16-20,23,29,31-33,35,38-39,43,57H,8-9,11,13-15,21-22,24-28,30H2,1-7H3,(H,50,60)(H,52,61)(H,53,59)(H,54,63)/t32?,33-,35+,38?,39+,43-/m0/s1. The summed E-state index contributed by atoms with van der Waals surface area (Å²) in [7, 11) is 4.87. The number of likely N-dealkylation sites (N-methyl/N-ethyl adjacent to an activating group) is 1. The smallest absolute Gasteiger partial charge is 0.426 e. The van der Waals surface area contributed by atoms with Crippen molar-refractivity contribution in [2.45, 2.75) is 135 Å². The molecule has 0 aliphatic carbocycles. The van der Waals surface area contributed by atoms with E-state index in [1.165, 1.54) is 32.9 Å². The Balaban J connectivity index is 1.41. The van der Waals surface area contributed by atoms with Crippen molar-refractivity contribution >= 4 is 68.6 Å². The SMILES string of the molecule is CCCC(=O)OCN(C(=O)[C@@H](NC(=O)[C@H]1CCCCN1C)C(C)CC)C(CCc1nc(C(=O)N[C@@H](Cc2ccc(O)cc2)C[C@H](C)C(=O)NNC(=O)OCCSSc2ccccn2)cs1)C(C)C. The highest BCUT2D eigenvalue weighted by Crippen LogP contribution is 2.29. The second kappa shape index (κ2) is 29.2. The Kier molecular flexibility index (Phi) is 23.9. The van der Waals surface area contributed by atoms with Crippen LogP contribution in [0, 0.1) is 17.8 Å². The molecule has 0 bridgehead atoms. The Morgan fingerprint density at radius 2 is 1.75 bits per heavy atom. The van der Waals surface area contributed by atoms with E-state index >= 15 is 0 Å². The number of rotatable bonds is 26. The summed E-state index contributed by atoms with van der Waals surface area (Å²) in [6.45, 7) is 12.1. The number of aryl methyl sites for hydroxylation is 1. The molecule has 0 radical (unpaired) electrons. The number of ether oxygens (including phenoxy) is 2. The summed E-state index contributed by atoms with van der Waals surface area (Å²) in [4.78, 5) is 92.8. The maximum Gasteiger partial charge on any atom is 0.426 e. The topological polar surface area (TPSA) is 221 Å². The average molecular weight is 999 g/mol. The highest BCUT2D eigenvalue weighted by molar-refractivity contribution is 8.76. The number of aromatic nitrogens is 2. The average Bonchev–Trinajstić information content (AvgIpc) is 3.81. The van der Waals surface area contributed by atoms with Crippen LogP contribution in [0.4, 0.5) is 4.79 Å². The van der Waals surface area contributed by atoms with Gasteiger partial charge in [0.25, 0.3) is 5.91 Å². The van der Waals surface area contributed by atoms with Crippen LogP contribution in [0.5, 0.6) is 5.75 Å². The Morgan fingerprint density at radius 3 is 2.43 bits per heavy atom. The van der Waals surface area contributed by atoms with Crippen molar-refractivity contribution in [3.8, 4) is 5.75 Å². The van der Waals surface area contributed by atoms with Gasteiger partial charge in [0.2, 0.25) is 17.7 Å². The molecular weight excluding hydrogens is 929 g/mol. The van der Waals surface area contributed by atoms with Gasteiger partial charge < -0.3 is 30.1 Å². The predicted molar refractivity (Wildman–Crippen MR) is 265 cm³/mol. The van der Waals surface area contributed by atoms with Crippen molar-refractivity contribution < 1.29 is 43.3 Å². The molecule has 2 aromatic heterocycles. The fourth-order valence-corrected chi connectivity index (χ4v) is 10.3. The molecule has 20 heteroatoms. The zero-order valence-corrected chi connectivity index (χ0v) is 42.8. The zero-order chi connectivity index (χ0) is 49.6. The van der Waals surface area contributed by atoms with Gasteiger partial charge in [-0.25, -0.2) is 20.2 Å². The molecule has 17 nitrogen and oxygen atoms in total. The van der Waals surface area contributed by atoms with E-state index in [2.05, 4.69) is 31.5 Å². The molecule has 4 rings (SSSR count). The number of phenolic OH excluding ortho intramolecular Hbond substituents is 1. The van der Waals surface area contributed by atoms with E-state index in [9.17, 15) is 33.9 Å². The Hall–Kier alpha value is -4.92. The number of hydrazine groups is 1. The summed E-state index contributed by atoms with van der Waals surface area (Å²) < 4.78 is 10.9. The van der Waals surface area contributed by atoms with E-state index in [-0.39, 0.29) is 67.3 Å². The first-order valence-electron chi connectivity index (χ1n) is 23.5. The molecule has 6 atom stereocenters. The molecule has 374 valence electrons. The van der Waals surface area contributed by atoms with E-state index in [0.717, 1.165) is 30.0 Å². The summed E-state index contributed by atoms with van der Waals surface area (Å²) >= 11 is 1.31. The first-order valence-corrected chi connectivity index (χ1v) is 26.7. The van der Waals surface area contributed by atoms with Crippen LogP contribution in [0.3, 0.4) is 0 Å². The summed E-state index contributed by atoms with van der Waals surface area (Å²) in [5.41, 5.74) is 5.70. The number of nitrogens with zero attached hydrogens (tertiary/aromatic N) is 4. The van der Waals surface area contributed by atoms with Crippen LogP contribution in [0.2, 0.25) is 0 Å². The Morgan fingerprint density at radius 1 is 0.985 bits per heavy atom. The molecule has 1 aliphatic heterocycles. The van der Waals surface area contributed by atoms with Gasteiger partial charge >= 0.3 is 12.1 Å². The van der Waals surface area contributed by atoms with E-state index in [4.69, 9.17) is 9.47 Å². The number of phenols is 1. The minimum absolute atomic E-state index is 0.0728. The molecule has 0 spiro atoms. The molecule has 2 unspecified atom stereocenters. The van der Waals surface area contributed by atoms with Crippen LogP contribution in [-0.4, -0.2) is 117 Å². The third-order valence-electron chi connectivity index (χ3n) is 11.9. The van der Waals surface area contributed by atoms with Crippen molar-refractivity contribution in [3.63, 3.8) is 0 Å². The van der Waals surface area contributed by atoms with Crippen LogP contribution < -0.4 is 21.5 Å². The maximum atomic E-state index is 14.7. The largest absolute Gasteiger partial charge is 0.508 e. The van der Waals surface area contributed by atoms with Gasteiger partial charge in [0.05, 0.1) is 11.0 Å². The molecule has 0 saturated carbocycles. The molecule has 1 aromatic carbocycles. The number of pyridine rings is 1. The highest BCUT2D eigenvalue weighted by Gasteiger charge is 2.37. The lowest BCUT2D eigenvalue weighted by atomic mass is 9.93. The maximum absolute atomic E-state index is 14.7. The Bertz CT molecular complexity index is 2060. The van der Waals surface area contributed by atoms with Gasteiger partial charge in [-0.05, 0) is 105 Å². The van der Waals surface area contributed by atoms with E-state index in [1.54, 1.807) is 47.7 Å². The van der Waals surface area contributed by atoms with Gasteiger partial charge in [-0.2, -0.15) is 0 Å². The molecule has 1 aliphatic rings. The van der Waals surface area contributed by atoms with Crippen molar-refractivity contribution in [3.05, 3.63) is 70.3 Å². The number of amides is 5. The number of carbonyl (C=O) groups excluding carboxylic acids is 6. The molecule has 68 heavy (non-hydrogen) atoms. The van der Waals surface area contributed by atoms with Gasteiger partial charge in [-0.3, -0.25) is 34.3 Å². The van der Waals surface area contributed by atoms with Crippen LogP contribution in [0.25, 0.3) is 0 Å². The second-order valence-corrected chi connectivity index (χ2v) is 20.9. The van der Waals surface area contributed by atoms with Crippen molar-refractivity contribution in [1.82, 2.24) is 41.3 Å². The highest BCUT2D eigenvalue weighted by atomic mass is 33.1. The second-order valence-electron chi connectivity index (χ2n) is 17.5. The number of carbonyl (C=O) groups is 6. The van der Waals surface area contributed by atoms with Crippen LogP contribution >= 0.6 is 32.9 Å². The number of likely N-dealkylation sites (tertiary alicyclic amines) is 1. The monoisotopic (exact) mass is 998 g/mol. The number of hydrogen-bond acceptors (Lipinski definition) is 15. The lowest BCUT2D eigenvalue weighted by Crippen LogP contribution is -2.59. The molecule has 3 heterocycles. The summed E-state index contributed by atoms with van der Waals surface area (Å²) in [6.07, 6.45) is 6.39. The molecule has 5 amide bonds. The number of hydrogen-bond donors (Lipinski definition) is 5. The van der Waals surface area contributed by atoms with Gasteiger partial charge in [-0.15, -0.1) is 11.3 Å². The van der Waals surface area contributed by atoms with Crippen LogP contribution in [0.1, 0.15) is 114 Å². The molecule has 5 N–H and O–H groups in total. The summed E-state index contributed by atoms with van der Waals surface area (Å²) in [6, 6.07) is 10.1. The lowest BCUT2D eigenvalue weighted by molar-refractivity contribution is -0.159. The fourth-order valence-electron chi connectivity index (χ4n) is 7.75. The van der Waals surface area contributed by atoms with Crippen LogP contribution in [0.15, 0.2) is 59.1 Å². The molecular formula is C48H70N8O9S3. The minimum atomic E-state index is -0.831.